The topological polar surface area (TPSA) is 109 Å². The van der Waals surface area contributed by atoms with Crippen LogP contribution in [0.4, 0.5) is 0 Å². The minimum Gasteiger partial charge on any atom is -0.309 e. The van der Waals surface area contributed by atoms with E-state index in [2.05, 4.69) is 105 Å². The van der Waals surface area contributed by atoms with Crippen molar-refractivity contribution in [3.05, 3.63) is 218 Å². The molecule has 4 heterocycles. The van der Waals surface area contributed by atoms with Crippen LogP contribution >= 0.6 is 0 Å². The van der Waals surface area contributed by atoms with E-state index in [1.165, 1.54) is 0 Å². The molecule has 0 N–H and O–H groups in total. The summed E-state index contributed by atoms with van der Waals surface area (Å²) in [6, 6.07) is 70.2. The van der Waals surface area contributed by atoms with E-state index in [-0.39, 0.29) is 0 Å². The Morgan fingerprint density at radius 2 is 0.879 bits per heavy atom. The quantitative estimate of drug-likeness (QED) is 0.158. The van der Waals surface area contributed by atoms with Crippen LogP contribution in [0.5, 0.6) is 0 Å². The van der Waals surface area contributed by atoms with Crippen molar-refractivity contribution >= 4 is 43.6 Å². The monoisotopic (exact) mass is 842 g/mol. The van der Waals surface area contributed by atoms with E-state index in [4.69, 9.17) is 15.0 Å². The lowest BCUT2D eigenvalue weighted by atomic mass is 9.91. The zero-order valence-corrected chi connectivity index (χ0v) is 35.2. The smallest absolute Gasteiger partial charge is 0.164 e. The van der Waals surface area contributed by atoms with E-state index in [9.17, 15) is 10.5 Å². The van der Waals surface area contributed by atoms with Crippen LogP contribution in [0.2, 0.25) is 0 Å². The molecular formula is C58H34N8. The van der Waals surface area contributed by atoms with Crippen molar-refractivity contribution in [1.82, 2.24) is 29.1 Å². The number of nitrogens with zero attached hydrogens (tertiary/aromatic N) is 8. The van der Waals surface area contributed by atoms with Gasteiger partial charge in [-0.25, -0.2) is 15.0 Å². The van der Waals surface area contributed by atoms with Crippen LogP contribution in [-0.4, -0.2) is 29.1 Å². The van der Waals surface area contributed by atoms with Crippen molar-refractivity contribution in [2.24, 2.45) is 0 Å². The first-order chi connectivity index (χ1) is 32.6. The molecule has 0 bridgehead atoms. The molecule has 8 aromatic carbocycles. The van der Waals surface area contributed by atoms with Crippen molar-refractivity contribution in [2.45, 2.75) is 0 Å². The zero-order chi connectivity index (χ0) is 44.1. The van der Waals surface area contributed by atoms with Crippen LogP contribution in [0.25, 0.3) is 111 Å². The summed E-state index contributed by atoms with van der Waals surface area (Å²) in [6.45, 7) is 0. The molecule has 0 saturated carbocycles. The van der Waals surface area contributed by atoms with E-state index in [0.717, 1.165) is 93.9 Å². The Kier molecular flexibility index (Phi) is 9.08. The fourth-order valence-electron chi connectivity index (χ4n) is 9.38. The molecular weight excluding hydrogens is 809 g/mol. The Balaban J connectivity index is 1.23. The third kappa shape index (κ3) is 6.29. The average Bonchev–Trinajstić information content (AvgIpc) is 3.90. The van der Waals surface area contributed by atoms with Gasteiger partial charge in [0.1, 0.15) is 0 Å². The van der Waals surface area contributed by atoms with Crippen LogP contribution in [0, 0.1) is 22.7 Å². The Hall–Kier alpha value is -9.50. The predicted octanol–water partition coefficient (Wildman–Crippen LogP) is 13.5. The Labute approximate surface area is 379 Å². The Morgan fingerprint density at radius 1 is 0.364 bits per heavy atom. The van der Waals surface area contributed by atoms with Gasteiger partial charge in [0.15, 0.2) is 17.5 Å². The second-order valence-electron chi connectivity index (χ2n) is 16.1. The molecule has 0 spiro atoms. The number of hydrogen-bond acceptors (Lipinski definition) is 6. The van der Waals surface area contributed by atoms with Gasteiger partial charge in [-0.2, -0.15) is 10.5 Å². The molecule has 0 aliphatic heterocycles. The van der Waals surface area contributed by atoms with Gasteiger partial charge in [-0.05, 0) is 84.4 Å². The fraction of sp³-hybridized carbons (Fsp3) is 0. The maximum absolute atomic E-state index is 10.1. The molecule has 0 saturated heterocycles. The summed E-state index contributed by atoms with van der Waals surface area (Å²) in [5.74, 6) is 1.66. The van der Waals surface area contributed by atoms with Crippen molar-refractivity contribution in [3.8, 4) is 79.9 Å². The summed E-state index contributed by atoms with van der Waals surface area (Å²) in [6.07, 6.45) is 3.70. The molecule has 0 amide bonds. The number of pyridine rings is 1. The lowest BCUT2D eigenvalue weighted by Crippen LogP contribution is -2.05. The van der Waals surface area contributed by atoms with Crippen LogP contribution in [0.1, 0.15) is 11.1 Å². The van der Waals surface area contributed by atoms with Gasteiger partial charge in [-0.1, -0.05) is 115 Å². The predicted molar refractivity (Wildman–Crippen MR) is 263 cm³/mol. The molecule has 66 heavy (non-hydrogen) atoms. The third-order valence-corrected chi connectivity index (χ3v) is 12.3. The fourth-order valence-corrected chi connectivity index (χ4v) is 9.38. The highest BCUT2D eigenvalue weighted by molar-refractivity contribution is 6.12. The Bertz CT molecular complexity index is 3890. The molecule has 12 aromatic rings. The minimum absolute atomic E-state index is 0.526. The zero-order valence-electron chi connectivity index (χ0n) is 35.2. The van der Waals surface area contributed by atoms with Gasteiger partial charge < -0.3 is 9.13 Å². The maximum Gasteiger partial charge on any atom is 0.164 e. The molecule has 0 radical (unpaired) electrons. The van der Waals surface area contributed by atoms with E-state index in [1.54, 1.807) is 6.20 Å². The summed E-state index contributed by atoms with van der Waals surface area (Å²) in [4.78, 5) is 20.0. The number of aromatic nitrogens is 6. The first-order valence-electron chi connectivity index (χ1n) is 21.6. The Morgan fingerprint density at radius 3 is 1.44 bits per heavy atom. The van der Waals surface area contributed by atoms with Gasteiger partial charge in [-0.15, -0.1) is 0 Å². The number of para-hydroxylation sites is 2. The largest absolute Gasteiger partial charge is 0.309 e. The molecule has 0 atom stereocenters. The second kappa shape index (κ2) is 15.7. The van der Waals surface area contributed by atoms with Crippen LogP contribution < -0.4 is 0 Å². The van der Waals surface area contributed by atoms with Crippen molar-refractivity contribution < 1.29 is 0 Å². The molecule has 8 nitrogen and oxygen atoms in total. The van der Waals surface area contributed by atoms with Gasteiger partial charge in [0.25, 0.3) is 0 Å². The summed E-state index contributed by atoms with van der Waals surface area (Å²) in [5, 5.41) is 24.1. The van der Waals surface area contributed by atoms with Gasteiger partial charge in [-0.3, -0.25) is 4.98 Å². The number of nitriles is 2. The number of hydrogen-bond donors (Lipinski definition) is 0. The highest BCUT2D eigenvalue weighted by atomic mass is 15.0. The normalized spacial score (nSPS) is 11.3. The van der Waals surface area contributed by atoms with E-state index in [1.807, 2.05) is 121 Å². The molecule has 4 aromatic heterocycles. The van der Waals surface area contributed by atoms with Crippen molar-refractivity contribution in [1.29, 1.82) is 10.5 Å². The number of rotatable bonds is 7. The summed E-state index contributed by atoms with van der Waals surface area (Å²) < 4.78 is 4.62. The first-order valence-corrected chi connectivity index (χ1v) is 21.6. The van der Waals surface area contributed by atoms with E-state index >= 15 is 0 Å². The average molecular weight is 843 g/mol. The summed E-state index contributed by atoms with van der Waals surface area (Å²) in [7, 11) is 0. The minimum atomic E-state index is 0.526. The van der Waals surface area contributed by atoms with E-state index in [0.29, 0.717) is 28.6 Å². The summed E-state index contributed by atoms with van der Waals surface area (Å²) >= 11 is 0. The molecule has 12 rings (SSSR count). The SMILES string of the molecule is N#Cc1ccc2c(c1)c1ccccc1n2-c1ccc(-c2nc(-c3ccccc3)nc(-c3ccccc3)n2)cc1-c1c(-c2cccnc2)cccc1-n1c2ccccc2c2cc(C#N)ccc21. The summed E-state index contributed by atoms with van der Waals surface area (Å²) in [5.41, 5.74) is 13.3. The highest BCUT2D eigenvalue weighted by Crippen LogP contribution is 2.46. The van der Waals surface area contributed by atoms with Crippen LogP contribution in [-0.2, 0) is 0 Å². The highest BCUT2D eigenvalue weighted by Gasteiger charge is 2.25. The van der Waals surface area contributed by atoms with Gasteiger partial charge >= 0.3 is 0 Å². The molecule has 0 aliphatic carbocycles. The van der Waals surface area contributed by atoms with Crippen molar-refractivity contribution in [2.75, 3.05) is 0 Å². The number of benzene rings is 8. The molecule has 0 unspecified atom stereocenters. The van der Waals surface area contributed by atoms with Gasteiger partial charge in [0.2, 0.25) is 0 Å². The second-order valence-corrected chi connectivity index (χ2v) is 16.1. The van der Waals surface area contributed by atoms with Crippen LogP contribution in [0.15, 0.2) is 207 Å². The third-order valence-electron chi connectivity index (χ3n) is 12.3. The lowest BCUT2D eigenvalue weighted by Gasteiger charge is -2.22. The molecule has 0 fully saturated rings. The van der Waals surface area contributed by atoms with E-state index < -0.39 is 0 Å². The number of fused-ring (bicyclic) bond motifs is 6. The lowest BCUT2D eigenvalue weighted by molar-refractivity contribution is 1.07. The molecule has 0 aliphatic rings. The standard InChI is InChI=1S/C58H34N8/c59-34-37-24-27-51-46(31-37)44-18-7-9-21-49(44)65(51)53-29-26-41(58-63-56(39-13-3-1-4-14-39)62-57(64-58)40-15-5-2-6-16-40)33-48(53)55-43(42-17-12-30-61-36-42)20-11-23-54(55)66-50-22-10-8-19-45(50)47-32-38(35-60)25-28-52(47)66/h1-33,36H. The van der Waals surface area contributed by atoms with Gasteiger partial charge in [0, 0.05) is 67.3 Å². The first kappa shape index (κ1) is 38.2. The van der Waals surface area contributed by atoms with Crippen LogP contribution in [0.3, 0.4) is 0 Å². The molecule has 8 heteroatoms. The van der Waals surface area contributed by atoms with Gasteiger partial charge in [0.05, 0.1) is 56.7 Å². The molecule has 306 valence electrons. The van der Waals surface area contributed by atoms with Crippen molar-refractivity contribution in [3.63, 3.8) is 0 Å². The maximum atomic E-state index is 10.1.